The number of esters is 1. The van der Waals surface area contributed by atoms with E-state index in [1.54, 1.807) is 31.2 Å². The first kappa shape index (κ1) is 14.1. The quantitative estimate of drug-likeness (QED) is 0.516. The largest absolute Gasteiger partial charge is 0.462 e. The minimum atomic E-state index is -0.646. The van der Waals surface area contributed by atoms with Crippen LogP contribution in [0.15, 0.2) is 30.0 Å². The van der Waals surface area contributed by atoms with Gasteiger partial charge in [-0.1, -0.05) is 17.7 Å². The van der Waals surface area contributed by atoms with E-state index < -0.39 is 5.97 Å². The van der Waals surface area contributed by atoms with Crippen molar-refractivity contribution < 1.29 is 9.53 Å². The number of hydrogen-bond acceptors (Lipinski definition) is 4. The summed E-state index contributed by atoms with van der Waals surface area (Å²) in [5, 5.41) is 12.3. The molecule has 0 unspecified atom stereocenters. The van der Waals surface area contributed by atoms with Gasteiger partial charge < -0.3 is 10.1 Å². The van der Waals surface area contributed by atoms with Crippen LogP contribution in [-0.4, -0.2) is 12.6 Å². The predicted octanol–water partition coefficient (Wildman–Crippen LogP) is 3.03. The first-order valence-electron chi connectivity index (χ1n) is 5.39. The summed E-state index contributed by atoms with van der Waals surface area (Å²) in [5.41, 5.74) is 1.49. The van der Waals surface area contributed by atoms with Crippen molar-refractivity contribution >= 4 is 23.3 Å². The monoisotopic (exact) mass is 264 g/mol. The van der Waals surface area contributed by atoms with E-state index >= 15 is 0 Å². The molecule has 0 spiro atoms. The van der Waals surface area contributed by atoms with E-state index in [1.165, 1.54) is 6.20 Å². The molecule has 0 aliphatic heterocycles. The zero-order valence-electron chi connectivity index (χ0n) is 10.2. The summed E-state index contributed by atoms with van der Waals surface area (Å²) < 4.78 is 4.74. The molecule has 0 heterocycles. The fourth-order valence-corrected chi connectivity index (χ4v) is 1.43. The molecule has 1 rings (SSSR count). The lowest BCUT2D eigenvalue weighted by Crippen LogP contribution is -2.08. The molecule has 0 atom stereocenters. The van der Waals surface area contributed by atoms with Crippen molar-refractivity contribution in [1.82, 2.24) is 0 Å². The number of nitriles is 1. The summed E-state index contributed by atoms with van der Waals surface area (Å²) in [6, 6.07) is 7.13. The molecule has 0 aliphatic rings. The van der Waals surface area contributed by atoms with E-state index in [9.17, 15) is 4.79 Å². The molecule has 5 heteroatoms. The average molecular weight is 265 g/mol. The normalized spacial score (nSPS) is 10.7. The van der Waals surface area contributed by atoms with Crippen molar-refractivity contribution in [3.8, 4) is 6.07 Å². The van der Waals surface area contributed by atoms with Crippen LogP contribution >= 0.6 is 11.6 Å². The summed E-state index contributed by atoms with van der Waals surface area (Å²) in [7, 11) is 0. The van der Waals surface area contributed by atoms with Crippen molar-refractivity contribution in [3.63, 3.8) is 0 Å². The molecule has 0 aliphatic carbocycles. The lowest BCUT2D eigenvalue weighted by Gasteiger charge is -2.07. The Morgan fingerprint density at radius 3 is 2.94 bits per heavy atom. The second-order valence-electron chi connectivity index (χ2n) is 3.45. The summed E-state index contributed by atoms with van der Waals surface area (Å²) in [6.07, 6.45) is 1.32. The van der Waals surface area contributed by atoms with Gasteiger partial charge in [0, 0.05) is 16.9 Å². The maximum atomic E-state index is 11.4. The number of benzene rings is 1. The third kappa shape index (κ3) is 3.51. The van der Waals surface area contributed by atoms with Crippen LogP contribution in [0, 0.1) is 18.3 Å². The highest BCUT2D eigenvalue weighted by Crippen LogP contribution is 2.23. The lowest BCUT2D eigenvalue weighted by molar-refractivity contribution is -0.138. The Balaban J connectivity index is 2.87. The highest BCUT2D eigenvalue weighted by atomic mass is 35.5. The van der Waals surface area contributed by atoms with Crippen molar-refractivity contribution in [1.29, 1.82) is 5.26 Å². The third-order valence-corrected chi connectivity index (χ3v) is 2.66. The molecule has 0 bridgehead atoms. The summed E-state index contributed by atoms with van der Waals surface area (Å²) >= 11 is 5.96. The van der Waals surface area contributed by atoms with Gasteiger partial charge in [-0.15, -0.1) is 0 Å². The Morgan fingerprint density at radius 1 is 1.61 bits per heavy atom. The highest BCUT2D eigenvalue weighted by molar-refractivity contribution is 6.31. The molecule has 1 N–H and O–H groups in total. The van der Waals surface area contributed by atoms with Crippen LogP contribution < -0.4 is 5.32 Å². The highest BCUT2D eigenvalue weighted by Gasteiger charge is 2.09. The van der Waals surface area contributed by atoms with Gasteiger partial charge >= 0.3 is 5.97 Å². The van der Waals surface area contributed by atoms with Crippen LogP contribution in [-0.2, 0) is 9.53 Å². The van der Waals surface area contributed by atoms with E-state index in [0.29, 0.717) is 5.02 Å². The molecule has 0 fully saturated rings. The standard InChI is InChI=1S/C13H13ClN2O2/c1-3-18-13(17)10(7-15)8-16-12-6-4-5-11(14)9(12)2/h4-6,8,16H,3H2,1-2H3/b10-8-. The minimum absolute atomic E-state index is 0.0868. The molecule has 4 nitrogen and oxygen atoms in total. The van der Waals surface area contributed by atoms with Gasteiger partial charge in [0.1, 0.15) is 6.07 Å². The molecule has 0 saturated carbocycles. The van der Waals surface area contributed by atoms with Gasteiger partial charge in [0.05, 0.1) is 6.61 Å². The smallest absolute Gasteiger partial charge is 0.350 e. The maximum absolute atomic E-state index is 11.4. The summed E-state index contributed by atoms with van der Waals surface area (Å²) in [6.45, 7) is 3.75. The zero-order chi connectivity index (χ0) is 13.5. The number of ether oxygens (including phenoxy) is 1. The molecule has 18 heavy (non-hydrogen) atoms. The molecule has 1 aromatic carbocycles. The van der Waals surface area contributed by atoms with Crippen LogP contribution in [0.3, 0.4) is 0 Å². The van der Waals surface area contributed by atoms with Crippen molar-refractivity contribution in [2.75, 3.05) is 11.9 Å². The van der Waals surface area contributed by atoms with Gasteiger partial charge in [-0.2, -0.15) is 5.26 Å². The topological polar surface area (TPSA) is 62.1 Å². The van der Waals surface area contributed by atoms with Gasteiger partial charge in [0.15, 0.2) is 5.57 Å². The predicted molar refractivity (Wildman–Crippen MR) is 70.1 cm³/mol. The van der Waals surface area contributed by atoms with Gasteiger partial charge in [-0.3, -0.25) is 0 Å². The third-order valence-electron chi connectivity index (χ3n) is 2.26. The Kier molecular flexibility index (Phi) is 5.22. The van der Waals surface area contributed by atoms with E-state index in [-0.39, 0.29) is 12.2 Å². The molecular formula is C13H13ClN2O2. The van der Waals surface area contributed by atoms with E-state index in [1.807, 2.05) is 6.92 Å². The Morgan fingerprint density at radius 2 is 2.33 bits per heavy atom. The number of nitrogens with one attached hydrogen (secondary N) is 1. The first-order chi connectivity index (χ1) is 8.60. The van der Waals surface area contributed by atoms with Gasteiger partial charge in [0.2, 0.25) is 0 Å². The second kappa shape index (κ2) is 6.67. The van der Waals surface area contributed by atoms with Crippen LogP contribution in [0.4, 0.5) is 5.69 Å². The molecule has 1 aromatic rings. The van der Waals surface area contributed by atoms with Gasteiger partial charge in [0.25, 0.3) is 0 Å². The van der Waals surface area contributed by atoms with Gasteiger partial charge in [-0.25, -0.2) is 4.79 Å². The Bertz CT molecular complexity index is 518. The van der Waals surface area contributed by atoms with Crippen molar-refractivity contribution in [2.24, 2.45) is 0 Å². The molecule has 0 radical (unpaired) electrons. The maximum Gasteiger partial charge on any atom is 0.350 e. The molecule has 94 valence electrons. The Hall–Kier alpha value is -1.99. The molecule has 0 saturated heterocycles. The SMILES string of the molecule is CCOC(=O)/C(C#N)=C\Nc1cccc(Cl)c1C. The number of carbonyl (C=O) groups is 1. The number of anilines is 1. The lowest BCUT2D eigenvalue weighted by atomic mass is 10.2. The van der Waals surface area contributed by atoms with Gasteiger partial charge in [-0.05, 0) is 31.5 Å². The van der Waals surface area contributed by atoms with Crippen molar-refractivity contribution in [3.05, 3.63) is 40.6 Å². The van der Waals surface area contributed by atoms with E-state index in [2.05, 4.69) is 5.32 Å². The van der Waals surface area contributed by atoms with Crippen molar-refractivity contribution in [2.45, 2.75) is 13.8 Å². The zero-order valence-corrected chi connectivity index (χ0v) is 10.9. The van der Waals surface area contributed by atoms with E-state index in [4.69, 9.17) is 21.6 Å². The molecule has 0 aromatic heterocycles. The fourth-order valence-electron chi connectivity index (χ4n) is 1.26. The van der Waals surface area contributed by atoms with Crippen LogP contribution in [0.1, 0.15) is 12.5 Å². The number of rotatable bonds is 4. The number of carbonyl (C=O) groups excluding carboxylic acids is 1. The first-order valence-corrected chi connectivity index (χ1v) is 5.77. The summed E-state index contributed by atoms with van der Waals surface area (Å²) in [4.78, 5) is 11.4. The van der Waals surface area contributed by atoms with E-state index in [0.717, 1.165) is 11.3 Å². The number of halogens is 1. The average Bonchev–Trinajstić information content (AvgIpc) is 2.35. The summed E-state index contributed by atoms with van der Waals surface area (Å²) in [5.74, 6) is -0.646. The molecule has 0 amide bonds. The minimum Gasteiger partial charge on any atom is -0.462 e. The van der Waals surface area contributed by atoms with Crippen LogP contribution in [0.2, 0.25) is 5.02 Å². The van der Waals surface area contributed by atoms with Crippen LogP contribution in [0.25, 0.3) is 0 Å². The number of nitrogens with zero attached hydrogens (tertiary/aromatic N) is 1. The fraction of sp³-hybridized carbons (Fsp3) is 0.231. The Labute approximate surface area is 111 Å². The van der Waals surface area contributed by atoms with Crippen LogP contribution in [0.5, 0.6) is 0 Å². The molecular weight excluding hydrogens is 252 g/mol. The second-order valence-corrected chi connectivity index (χ2v) is 3.85. The number of hydrogen-bond donors (Lipinski definition) is 1.